The smallest absolute Gasteiger partial charge is 0.242 e. The number of nitrogens with zero attached hydrogens (tertiary/aromatic N) is 1. The molecule has 2 heterocycles. The molecule has 0 radical (unpaired) electrons. The Labute approximate surface area is 135 Å². The first-order chi connectivity index (χ1) is 11.0. The zero-order chi connectivity index (χ0) is 16.4. The lowest BCUT2D eigenvalue weighted by Gasteiger charge is -2.15. The van der Waals surface area contributed by atoms with Gasteiger partial charge in [-0.2, -0.15) is 0 Å². The van der Waals surface area contributed by atoms with E-state index in [2.05, 4.69) is 16.4 Å². The second kappa shape index (κ2) is 6.38. The Bertz CT molecular complexity index is 728. The van der Waals surface area contributed by atoms with Crippen molar-refractivity contribution >= 4 is 11.7 Å². The quantitative estimate of drug-likeness (QED) is 0.910. The van der Waals surface area contributed by atoms with Gasteiger partial charge in [0.25, 0.3) is 0 Å². The fourth-order valence-electron chi connectivity index (χ4n) is 2.52. The highest BCUT2D eigenvalue weighted by molar-refractivity contribution is 5.94. The zero-order valence-corrected chi connectivity index (χ0v) is 13.4. The Morgan fingerprint density at radius 2 is 2.13 bits per heavy atom. The van der Waals surface area contributed by atoms with E-state index in [1.165, 1.54) is 5.56 Å². The number of nitrogens with two attached hydrogens (primary N) is 1. The van der Waals surface area contributed by atoms with Crippen LogP contribution in [0.4, 0.5) is 5.82 Å². The number of amides is 1. The summed E-state index contributed by atoms with van der Waals surface area (Å²) in [6.45, 7) is 4.57. The number of anilines is 1. The van der Waals surface area contributed by atoms with Gasteiger partial charge in [-0.3, -0.25) is 4.79 Å². The van der Waals surface area contributed by atoms with Crippen LogP contribution in [0.25, 0.3) is 11.3 Å². The van der Waals surface area contributed by atoms with Gasteiger partial charge in [-0.25, -0.2) is 4.98 Å². The molecule has 0 spiro atoms. The summed E-state index contributed by atoms with van der Waals surface area (Å²) in [5, 5.41) is 2.79. The molecule has 1 aromatic heterocycles. The number of fused-ring (bicyclic) bond motifs is 1. The van der Waals surface area contributed by atoms with Gasteiger partial charge in [-0.1, -0.05) is 19.9 Å². The highest BCUT2D eigenvalue weighted by Crippen LogP contribution is 2.30. The summed E-state index contributed by atoms with van der Waals surface area (Å²) in [5.41, 5.74) is 8.89. The van der Waals surface area contributed by atoms with Gasteiger partial charge >= 0.3 is 0 Å². The molecule has 1 aromatic carbocycles. The summed E-state index contributed by atoms with van der Waals surface area (Å²) in [7, 11) is 0. The fourth-order valence-corrected chi connectivity index (χ4v) is 2.52. The fraction of sp³-hybridized carbons (Fsp3) is 0.333. The predicted molar refractivity (Wildman–Crippen MR) is 90.3 cm³/mol. The molecule has 0 saturated heterocycles. The average Bonchev–Trinajstić information content (AvgIpc) is 3.01. The summed E-state index contributed by atoms with van der Waals surface area (Å²) >= 11 is 0. The number of carbonyl (C=O) groups is 1. The Morgan fingerprint density at radius 1 is 1.30 bits per heavy atom. The largest absolute Gasteiger partial charge is 0.493 e. The predicted octanol–water partition coefficient (Wildman–Crippen LogP) is 2.61. The van der Waals surface area contributed by atoms with E-state index in [4.69, 9.17) is 10.5 Å². The maximum absolute atomic E-state index is 12.1. The second-order valence-corrected chi connectivity index (χ2v) is 6.09. The molecule has 3 rings (SSSR count). The molecular formula is C18H21N3O2. The average molecular weight is 311 g/mol. The van der Waals surface area contributed by atoms with Crippen molar-refractivity contribution in [2.45, 2.75) is 26.3 Å². The summed E-state index contributed by atoms with van der Waals surface area (Å²) in [5.74, 6) is 1.32. The SMILES string of the molecule is CC(C)[C@H](N)C(=O)Nc1cccc(-c2ccc3c(c2)CCO3)n1. The van der Waals surface area contributed by atoms with E-state index < -0.39 is 6.04 Å². The minimum Gasteiger partial charge on any atom is -0.493 e. The van der Waals surface area contributed by atoms with Gasteiger partial charge in [-0.05, 0) is 41.8 Å². The van der Waals surface area contributed by atoms with E-state index in [1.54, 1.807) is 6.07 Å². The molecule has 1 atom stereocenters. The van der Waals surface area contributed by atoms with Crippen LogP contribution in [0.1, 0.15) is 19.4 Å². The van der Waals surface area contributed by atoms with Crippen molar-refractivity contribution in [2.24, 2.45) is 11.7 Å². The van der Waals surface area contributed by atoms with Gasteiger partial charge in [0.2, 0.25) is 5.91 Å². The monoisotopic (exact) mass is 311 g/mol. The van der Waals surface area contributed by atoms with Crippen LogP contribution in [0.2, 0.25) is 0 Å². The first-order valence-electron chi connectivity index (χ1n) is 7.84. The summed E-state index contributed by atoms with van der Waals surface area (Å²) in [6.07, 6.45) is 0.919. The number of aromatic nitrogens is 1. The molecule has 1 amide bonds. The van der Waals surface area contributed by atoms with Crippen LogP contribution >= 0.6 is 0 Å². The van der Waals surface area contributed by atoms with E-state index in [9.17, 15) is 4.79 Å². The van der Waals surface area contributed by atoms with Crippen LogP contribution in [0, 0.1) is 5.92 Å². The highest BCUT2D eigenvalue weighted by atomic mass is 16.5. The third kappa shape index (κ3) is 3.35. The molecule has 1 aliphatic rings. The van der Waals surface area contributed by atoms with Crippen molar-refractivity contribution in [3.63, 3.8) is 0 Å². The number of ether oxygens (including phenoxy) is 1. The van der Waals surface area contributed by atoms with E-state index in [0.29, 0.717) is 5.82 Å². The number of nitrogens with one attached hydrogen (secondary N) is 1. The molecule has 0 saturated carbocycles. The first kappa shape index (κ1) is 15.5. The third-order valence-electron chi connectivity index (χ3n) is 4.01. The normalized spacial score (nSPS) is 14.3. The molecule has 5 nitrogen and oxygen atoms in total. The molecule has 3 N–H and O–H groups in total. The minimum absolute atomic E-state index is 0.0786. The lowest BCUT2D eigenvalue weighted by Crippen LogP contribution is -2.39. The van der Waals surface area contributed by atoms with Gasteiger partial charge in [0, 0.05) is 12.0 Å². The van der Waals surface area contributed by atoms with Crippen molar-refractivity contribution in [3.8, 4) is 17.0 Å². The number of pyridine rings is 1. The van der Waals surface area contributed by atoms with Gasteiger partial charge < -0.3 is 15.8 Å². The molecule has 1 aliphatic heterocycles. The van der Waals surface area contributed by atoms with E-state index >= 15 is 0 Å². The van der Waals surface area contributed by atoms with Crippen LogP contribution in [0.5, 0.6) is 5.75 Å². The molecular weight excluding hydrogens is 290 g/mol. The highest BCUT2D eigenvalue weighted by Gasteiger charge is 2.18. The van der Waals surface area contributed by atoms with Gasteiger partial charge in [0.05, 0.1) is 18.3 Å². The molecule has 0 bridgehead atoms. The van der Waals surface area contributed by atoms with Gasteiger partial charge in [-0.15, -0.1) is 0 Å². The molecule has 120 valence electrons. The standard InChI is InChI=1S/C18H21N3O2/c1-11(2)17(19)18(22)21-16-5-3-4-14(20-16)12-6-7-15-13(10-12)8-9-23-15/h3-7,10-11,17H,8-9,19H2,1-2H3,(H,20,21,22)/t17-/m0/s1. The van der Waals surface area contributed by atoms with Gasteiger partial charge in [0.15, 0.2) is 0 Å². The van der Waals surface area contributed by atoms with E-state index in [1.807, 2.05) is 38.1 Å². The van der Waals surface area contributed by atoms with Crippen molar-refractivity contribution in [1.82, 2.24) is 4.98 Å². The molecule has 0 unspecified atom stereocenters. The molecule has 0 fully saturated rings. The van der Waals surface area contributed by atoms with Crippen molar-refractivity contribution in [3.05, 3.63) is 42.0 Å². The number of carbonyl (C=O) groups excluding carboxylic acids is 1. The number of hydrogen-bond acceptors (Lipinski definition) is 4. The van der Waals surface area contributed by atoms with Crippen LogP contribution in [0.15, 0.2) is 36.4 Å². The third-order valence-corrected chi connectivity index (χ3v) is 4.01. The molecule has 5 heteroatoms. The molecule has 2 aromatic rings. The van der Waals surface area contributed by atoms with Gasteiger partial charge in [0.1, 0.15) is 11.6 Å². The van der Waals surface area contributed by atoms with Crippen molar-refractivity contribution in [2.75, 3.05) is 11.9 Å². The Balaban J connectivity index is 1.81. The lowest BCUT2D eigenvalue weighted by molar-refractivity contribution is -0.118. The maximum atomic E-state index is 12.1. The van der Waals surface area contributed by atoms with Crippen LogP contribution < -0.4 is 15.8 Å². The molecule has 23 heavy (non-hydrogen) atoms. The van der Waals surface area contributed by atoms with Crippen LogP contribution in [-0.2, 0) is 11.2 Å². The summed E-state index contributed by atoms with van der Waals surface area (Å²) < 4.78 is 5.52. The lowest BCUT2D eigenvalue weighted by atomic mass is 10.0. The minimum atomic E-state index is -0.544. The van der Waals surface area contributed by atoms with E-state index in [-0.39, 0.29) is 11.8 Å². The van der Waals surface area contributed by atoms with Crippen LogP contribution in [-0.4, -0.2) is 23.5 Å². The first-order valence-corrected chi connectivity index (χ1v) is 7.84. The topological polar surface area (TPSA) is 77.2 Å². The summed E-state index contributed by atoms with van der Waals surface area (Å²) in [6, 6.07) is 11.1. The zero-order valence-electron chi connectivity index (χ0n) is 13.4. The van der Waals surface area contributed by atoms with Crippen molar-refractivity contribution in [1.29, 1.82) is 0 Å². The number of hydrogen-bond donors (Lipinski definition) is 2. The maximum Gasteiger partial charge on any atom is 0.242 e. The van der Waals surface area contributed by atoms with E-state index in [0.717, 1.165) is 30.0 Å². The van der Waals surface area contributed by atoms with Crippen LogP contribution in [0.3, 0.4) is 0 Å². The van der Waals surface area contributed by atoms with Crippen molar-refractivity contribution < 1.29 is 9.53 Å². The Hall–Kier alpha value is -2.40. The Kier molecular flexibility index (Phi) is 4.30. The number of benzene rings is 1. The Morgan fingerprint density at radius 3 is 2.91 bits per heavy atom. The summed E-state index contributed by atoms with van der Waals surface area (Å²) in [4.78, 5) is 16.6. The molecule has 0 aliphatic carbocycles. The second-order valence-electron chi connectivity index (χ2n) is 6.09. The number of rotatable bonds is 4.